The van der Waals surface area contributed by atoms with Gasteiger partial charge in [-0.1, -0.05) is 51.8 Å². The van der Waals surface area contributed by atoms with Gasteiger partial charge in [0.05, 0.1) is 47.5 Å². The largest absolute Gasteiger partial charge is 0.458 e. The van der Waals surface area contributed by atoms with Crippen LogP contribution >= 0.6 is 0 Å². The van der Waals surface area contributed by atoms with Crippen LogP contribution in [0.5, 0.6) is 0 Å². The number of amides is 1. The molecule has 1 aromatic carbocycles. The summed E-state index contributed by atoms with van der Waals surface area (Å²) in [6, 6.07) is 7.45. The molecule has 0 unspecified atom stereocenters. The van der Waals surface area contributed by atoms with Crippen molar-refractivity contribution < 1.29 is 52.7 Å². The number of hydrogen-bond donors (Lipinski definition) is 2. The Kier molecular flexibility index (Phi) is 13.8. The average molecular weight is 743 g/mol. The van der Waals surface area contributed by atoms with Crippen molar-refractivity contribution in [3.05, 3.63) is 35.9 Å². The molecule has 3 heterocycles. The molecule has 53 heavy (non-hydrogen) atoms. The molecule has 13 nitrogen and oxygen atoms in total. The Morgan fingerprint density at radius 2 is 1.74 bits per heavy atom. The highest BCUT2D eigenvalue weighted by molar-refractivity contribution is 5.89. The molecule has 3 aliphatic heterocycles. The molecule has 0 bridgehead atoms. The zero-order valence-electron chi connectivity index (χ0n) is 32.7. The van der Waals surface area contributed by atoms with E-state index in [1.54, 1.807) is 78.8 Å². The third-order valence-electron chi connectivity index (χ3n) is 11.4. The van der Waals surface area contributed by atoms with Gasteiger partial charge in [0.25, 0.3) is 0 Å². The lowest BCUT2D eigenvalue weighted by Gasteiger charge is -2.48. The summed E-state index contributed by atoms with van der Waals surface area (Å²) >= 11 is 0. The Morgan fingerprint density at radius 3 is 2.34 bits per heavy atom. The second kappa shape index (κ2) is 17.3. The zero-order valence-corrected chi connectivity index (χ0v) is 32.7. The monoisotopic (exact) mass is 742 g/mol. The first-order valence-corrected chi connectivity index (χ1v) is 18.6. The van der Waals surface area contributed by atoms with Crippen molar-refractivity contribution in [2.75, 3.05) is 20.7 Å². The minimum absolute atomic E-state index is 0.0711. The molecule has 0 saturated carbocycles. The number of aliphatic hydroxyl groups excluding tert-OH is 1. The number of rotatable bonds is 8. The summed E-state index contributed by atoms with van der Waals surface area (Å²) in [6.07, 6.45) is 0.0847. The van der Waals surface area contributed by atoms with Gasteiger partial charge in [0.15, 0.2) is 18.0 Å². The second-order valence-corrected chi connectivity index (χ2v) is 15.6. The number of nitrogens with zero attached hydrogens (tertiary/aromatic N) is 1. The fraction of sp³-hybridized carbons (Fsp3) is 0.700. The van der Waals surface area contributed by atoms with Gasteiger partial charge in [0, 0.05) is 17.8 Å². The first kappa shape index (κ1) is 42.2. The Labute approximate surface area is 313 Å². The maximum Gasteiger partial charge on any atom is 0.408 e. The van der Waals surface area contributed by atoms with Gasteiger partial charge < -0.3 is 43.7 Å². The normalized spacial score (nSPS) is 39.9. The highest BCUT2D eigenvalue weighted by atomic mass is 16.7. The third kappa shape index (κ3) is 9.06. The predicted octanol–water partition coefficient (Wildman–Crippen LogP) is 4.14. The van der Waals surface area contributed by atoms with E-state index in [-0.39, 0.29) is 37.4 Å². The summed E-state index contributed by atoms with van der Waals surface area (Å²) in [4.78, 5) is 56.3. The Balaban J connectivity index is 1.82. The zero-order chi connectivity index (χ0) is 39.4. The summed E-state index contributed by atoms with van der Waals surface area (Å²) in [7, 11) is 3.76. The molecule has 4 rings (SSSR count). The number of alkyl carbamates (subject to hydrolysis) is 1. The summed E-state index contributed by atoms with van der Waals surface area (Å²) in [6.45, 7) is 13.7. The first-order valence-electron chi connectivity index (χ1n) is 18.6. The number of carbonyl (C=O) groups excluding carboxylic acids is 4. The molecule has 0 aliphatic carbocycles. The molecule has 0 aromatic heterocycles. The molecule has 3 fully saturated rings. The number of esters is 2. The number of ketones is 1. The number of cyclic esters (lactones) is 1. The van der Waals surface area contributed by atoms with Crippen molar-refractivity contribution in [1.82, 2.24) is 10.2 Å². The lowest BCUT2D eigenvalue weighted by atomic mass is 9.73. The van der Waals surface area contributed by atoms with Gasteiger partial charge in [0.2, 0.25) is 0 Å². The van der Waals surface area contributed by atoms with Gasteiger partial charge in [-0.15, -0.1) is 6.42 Å². The van der Waals surface area contributed by atoms with Crippen LogP contribution < -0.4 is 5.32 Å². The lowest BCUT2D eigenvalue weighted by molar-refractivity contribution is -0.301. The van der Waals surface area contributed by atoms with E-state index in [2.05, 4.69) is 11.2 Å². The van der Waals surface area contributed by atoms with E-state index in [1.807, 2.05) is 25.9 Å². The number of Topliss-reactive ketones (excluding diaryl/α,β-unsaturated/α-hetero) is 1. The van der Waals surface area contributed by atoms with Crippen molar-refractivity contribution >= 4 is 23.8 Å². The van der Waals surface area contributed by atoms with E-state index in [1.165, 1.54) is 0 Å². The standard InChI is InChI=1S/C40H58N2O11/c1-12-19-48-39(8)21-22(3)30(43)24(5)33-40(9,53-38(47)41-33)29(13-2)50-35(45)26(7)31(44)25(6)34(39)52-37-32(28(42(10)11)20-23(4)49-37)51-36(46)27-17-15-14-16-18-27/h1,14-18,22-26,28-29,31-34,37,44H,13,19-21H2,2-11H3,(H,41,47)/t22-,23-,24+,25+,26-,28+,29-,31+,32-,33-,34-,37+,39+,40-/m1/s1. The highest BCUT2D eigenvalue weighted by Crippen LogP contribution is 2.41. The Morgan fingerprint density at radius 1 is 1.08 bits per heavy atom. The number of fused-ring (bicyclic) bond motifs is 1. The molecule has 1 aromatic rings. The molecule has 3 aliphatic rings. The first-order chi connectivity index (χ1) is 24.9. The van der Waals surface area contributed by atoms with Crippen molar-refractivity contribution in [3.8, 4) is 12.3 Å². The van der Waals surface area contributed by atoms with Gasteiger partial charge in [-0.3, -0.25) is 9.59 Å². The van der Waals surface area contributed by atoms with E-state index >= 15 is 0 Å². The number of benzene rings is 1. The smallest absolute Gasteiger partial charge is 0.408 e. The maximum absolute atomic E-state index is 14.3. The van der Waals surface area contributed by atoms with Crippen molar-refractivity contribution in [3.63, 3.8) is 0 Å². The molecular weight excluding hydrogens is 684 g/mol. The van der Waals surface area contributed by atoms with Crippen molar-refractivity contribution in [2.45, 2.75) is 135 Å². The number of ether oxygens (including phenoxy) is 6. The number of terminal acetylenes is 1. The Bertz CT molecular complexity index is 1500. The second-order valence-electron chi connectivity index (χ2n) is 15.6. The minimum atomic E-state index is -1.37. The van der Waals surface area contributed by atoms with Crippen LogP contribution in [0, 0.1) is 36.0 Å². The van der Waals surface area contributed by atoms with Crippen LogP contribution in [0.15, 0.2) is 30.3 Å². The molecule has 2 N–H and O–H groups in total. The van der Waals surface area contributed by atoms with Gasteiger partial charge in [-0.2, -0.15) is 0 Å². The third-order valence-corrected chi connectivity index (χ3v) is 11.4. The summed E-state index contributed by atoms with van der Waals surface area (Å²) < 4.78 is 37.6. The number of aliphatic hydroxyl groups is 1. The summed E-state index contributed by atoms with van der Waals surface area (Å²) in [5, 5.41) is 14.8. The highest BCUT2D eigenvalue weighted by Gasteiger charge is 2.57. The van der Waals surface area contributed by atoms with Crippen LogP contribution in [0.1, 0.15) is 85.0 Å². The maximum atomic E-state index is 14.3. The molecule has 0 radical (unpaired) electrons. The number of carbonyl (C=O) groups is 4. The van der Waals surface area contributed by atoms with Gasteiger partial charge in [0.1, 0.15) is 18.5 Å². The Hall–Kier alpha value is -3.54. The molecule has 294 valence electrons. The molecule has 14 atom stereocenters. The molecule has 3 saturated heterocycles. The van der Waals surface area contributed by atoms with E-state index in [0.29, 0.717) is 12.0 Å². The van der Waals surface area contributed by atoms with Crippen LogP contribution in [-0.2, 0) is 38.0 Å². The van der Waals surface area contributed by atoms with Crippen molar-refractivity contribution in [2.24, 2.45) is 23.7 Å². The SMILES string of the molecule is C#CCO[C@@]1(C)C[C@@H](C)C(=O)[C@H](C)[C@H]2NC(=O)O[C@]2(C)[C@@H](CC)OC(=O)[C@H](C)[C@@H](O)[C@H](C)[C@H]1O[C@@H]1O[C@H](C)C[C@H](N(C)C)[C@H]1OC(=O)c1ccccc1. The van der Waals surface area contributed by atoms with Gasteiger partial charge >= 0.3 is 18.0 Å². The van der Waals surface area contributed by atoms with E-state index in [0.717, 1.165) is 0 Å². The number of hydrogen-bond acceptors (Lipinski definition) is 12. The van der Waals surface area contributed by atoms with Gasteiger partial charge in [-0.25, -0.2) is 9.59 Å². The number of likely N-dealkylation sites (N-methyl/N-ethyl adjacent to an activating group) is 1. The van der Waals surface area contributed by atoms with E-state index < -0.39 is 89.7 Å². The number of nitrogens with one attached hydrogen (secondary N) is 1. The average Bonchev–Trinajstić information content (AvgIpc) is 3.44. The summed E-state index contributed by atoms with van der Waals surface area (Å²) in [5.74, 6) is -2.37. The molecule has 0 spiro atoms. The van der Waals surface area contributed by atoms with E-state index in [4.69, 9.17) is 34.8 Å². The minimum Gasteiger partial charge on any atom is -0.458 e. The van der Waals surface area contributed by atoms with Crippen LogP contribution in [0.25, 0.3) is 0 Å². The fourth-order valence-corrected chi connectivity index (χ4v) is 8.36. The van der Waals surface area contributed by atoms with Gasteiger partial charge in [-0.05, 0) is 73.2 Å². The molecule has 13 heteroatoms. The fourth-order valence-electron chi connectivity index (χ4n) is 8.36. The summed E-state index contributed by atoms with van der Waals surface area (Å²) in [5.41, 5.74) is -2.38. The van der Waals surface area contributed by atoms with Crippen molar-refractivity contribution in [1.29, 1.82) is 0 Å². The van der Waals surface area contributed by atoms with Crippen LogP contribution in [0.3, 0.4) is 0 Å². The molecular formula is C40H58N2O11. The van der Waals surface area contributed by atoms with E-state index in [9.17, 15) is 24.3 Å². The molecule has 1 amide bonds. The van der Waals surface area contributed by atoms with Crippen LogP contribution in [0.4, 0.5) is 4.79 Å². The lowest BCUT2D eigenvalue weighted by Crippen LogP contribution is -2.61. The van der Waals surface area contributed by atoms with Crippen LogP contribution in [0.2, 0.25) is 0 Å². The van der Waals surface area contributed by atoms with Crippen LogP contribution in [-0.4, -0.2) is 115 Å². The quantitative estimate of drug-likeness (QED) is 0.223. The topological polar surface area (TPSA) is 159 Å². The predicted molar refractivity (Wildman–Crippen MR) is 194 cm³/mol.